The van der Waals surface area contributed by atoms with Gasteiger partial charge in [-0.15, -0.1) is 53.6 Å². The first kappa shape index (κ1) is 50.5. The van der Waals surface area contributed by atoms with Gasteiger partial charge in [-0.1, -0.05) is 187 Å². The summed E-state index contributed by atoms with van der Waals surface area (Å²) in [6, 6.07) is 64.5. The van der Waals surface area contributed by atoms with Crippen LogP contribution >= 0.6 is 0 Å². The van der Waals surface area contributed by atoms with Crippen LogP contribution < -0.4 is 14.5 Å². The summed E-state index contributed by atoms with van der Waals surface area (Å²) >= 11 is 0. The molecule has 72 heavy (non-hydrogen) atoms. The average Bonchev–Trinajstić information content (AvgIpc) is 3.89. The van der Waals surface area contributed by atoms with Crippen LogP contribution in [0.1, 0.15) is 129 Å². The minimum absolute atomic E-state index is 0. The fraction of sp³-hybridized carbons (Fsp3) is 0.273. The number of anilines is 4. The Labute approximate surface area is 443 Å². The third-order valence-electron chi connectivity index (χ3n) is 14.8. The van der Waals surface area contributed by atoms with Crippen LogP contribution in [0, 0.1) is 18.8 Å². The van der Waals surface area contributed by atoms with E-state index in [4.69, 9.17) is 9.72 Å². The van der Waals surface area contributed by atoms with Crippen LogP contribution in [0.3, 0.4) is 0 Å². The van der Waals surface area contributed by atoms with Crippen molar-refractivity contribution in [2.24, 2.45) is 0 Å². The molecule has 1 aliphatic rings. The van der Waals surface area contributed by atoms with Crippen LogP contribution in [0.5, 0.6) is 11.5 Å². The SMILES string of the molecule is CC(C)(C)c1ccnc(-n2c3[c-]c(Oc4[c-]c(N5[CH-]N(c6ccc(C(C)(C)c7ccccc7)cc6)c6cc(C(C)(C)C)c(C(C)(C)C)cc65)cc(C(C)(C)c5ccccc5)c4)ccc3c3ccccc32)c1.[Pt]. The maximum Gasteiger partial charge on any atom is 0.135 e. The van der Waals surface area contributed by atoms with Crippen LogP contribution in [-0.4, -0.2) is 9.55 Å². The number of nitrogens with zero attached hydrogens (tertiary/aromatic N) is 4. The molecule has 0 atom stereocenters. The van der Waals surface area contributed by atoms with E-state index in [0.29, 0.717) is 11.5 Å². The summed E-state index contributed by atoms with van der Waals surface area (Å²) in [5.74, 6) is 2.06. The molecule has 0 radical (unpaired) electrons. The van der Waals surface area contributed by atoms with Crippen molar-refractivity contribution in [1.29, 1.82) is 0 Å². The third kappa shape index (κ3) is 9.30. The maximum atomic E-state index is 7.05. The maximum absolute atomic E-state index is 7.05. The van der Waals surface area contributed by atoms with E-state index in [-0.39, 0.29) is 48.1 Å². The number of aromatic nitrogens is 2. The number of ether oxygens (including phenoxy) is 1. The Kier molecular flexibility index (Phi) is 13.0. The second-order valence-electron chi connectivity index (χ2n) is 23.6. The zero-order valence-corrected chi connectivity index (χ0v) is 46.5. The van der Waals surface area contributed by atoms with Gasteiger partial charge in [0.05, 0.1) is 0 Å². The molecule has 7 aromatic carbocycles. The number of hydrogen-bond acceptors (Lipinski definition) is 4. The molecule has 0 aliphatic carbocycles. The number of hydrogen-bond donors (Lipinski definition) is 0. The first-order valence-electron chi connectivity index (χ1n) is 25.1. The number of fused-ring (bicyclic) bond motifs is 4. The van der Waals surface area contributed by atoms with E-state index in [0.717, 1.165) is 55.9 Å². The van der Waals surface area contributed by atoms with Gasteiger partial charge in [0, 0.05) is 66.8 Å². The standard InChI is InChI=1S/C66H67N4O.Pt/c1-62(2,3)47-34-35-67-61(38-47)70-57-27-21-20-26-53(57)54-33-32-51(40-58(54)70)71-52-37-48(66(12,13)45-24-18-15-19-25-45)36-50(39-52)69-43-68(59-41-55(63(4,5)6)56(42-60(59)69)64(7,8)9)49-30-28-46(29-31-49)65(10,11)44-22-16-14-17-23-44;/h14-38,41-43H,1-13H3;/q-3;. The van der Waals surface area contributed by atoms with Gasteiger partial charge >= 0.3 is 0 Å². The molecule has 0 saturated heterocycles. The molecule has 3 heterocycles. The van der Waals surface area contributed by atoms with Gasteiger partial charge in [-0.25, -0.2) is 4.98 Å². The van der Waals surface area contributed by atoms with E-state index in [1.165, 1.54) is 33.4 Å². The van der Waals surface area contributed by atoms with Gasteiger partial charge in [-0.05, 0) is 103 Å². The minimum atomic E-state index is -0.386. The first-order valence-corrected chi connectivity index (χ1v) is 25.1. The minimum Gasteiger partial charge on any atom is -0.509 e. The summed E-state index contributed by atoms with van der Waals surface area (Å²) in [6.45, 7) is 32.1. The van der Waals surface area contributed by atoms with Crippen molar-refractivity contribution in [2.45, 2.75) is 117 Å². The Bertz CT molecular complexity index is 3420. The summed E-state index contributed by atoms with van der Waals surface area (Å²) in [5.41, 5.74) is 14.1. The molecule has 5 nitrogen and oxygen atoms in total. The molecule has 0 N–H and O–H groups in total. The quantitative estimate of drug-likeness (QED) is 0.135. The summed E-state index contributed by atoms with van der Waals surface area (Å²) in [6.07, 6.45) is 1.91. The smallest absolute Gasteiger partial charge is 0.135 e. The van der Waals surface area contributed by atoms with Gasteiger partial charge in [0.2, 0.25) is 0 Å². The van der Waals surface area contributed by atoms with E-state index in [1.54, 1.807) is 0 Å². The van der Waals surface area contributed by atoms with Gasteiger partial charge in [0.15, 0.2) is 0 Å². The third-order valence-corrected chi connectivity index (χ3v) is 14.8. The average molecular weight is 1130 g/mol. The van der Waals surface area contributed by atoms with E-state index in [9.17, 15) is 0 Å². The molecule has 2 aromatic heterocycles. The van der Waals surface area contributed by atoms with Crippen LogP contribution in [0.25, 0.3) is 27.6 Å². The number of pyridine rings is 1. The zero-order chi connectivity index (χ0) is 50.3. The van der Waals surface area contributed by atoms with Gasteiger partial charge < -0.3 is 19.1 Å². The van der Waals surface area contributed by atoms with Gasteiger partial charge in [0.25, 0.3) is 0 Å². The molecule has 370 valence electrons. The molecule has 6 heteroatoms. The fourth-order valence-corrected chi connectivity index (χ4v) is 10.3. The number of para-hydroxylation sites is 1. The molecule has 0 amide bonds. The van der Waals surface area contributed by atoms with Crippen molar-refractivity contribution in [1.82, 2.24) is 9.55 Å². The Balaban J connectivity index is 0.00000640. The van der Waals surface area contributed by atoms with Gasteiger partial charge in [-0.3, -0.25) is 0 Å². The monoisotopic (exact) mass is 1130 g/mol. The predicted octanol–water partition coefficient (Wildman–Crippen LogP) is 17.5. The molecule has 0 saturated carbocycles. The van der Waals surface area contributed by atoms with Crippen LogP contribution in [-0.2, 0) is 48.1 Å². The fourth-order valence-electron chi connectivity index (χ4n) is 10.3. The van der Waals surface area contributed by atoms with Crippen molar-refractivity contribution in [2.75, 3.05) is 9.80 Å². The number of rotatable bonds is 9. The topological polar surface area (TPSA) is 33.5 Å². The molecule has 10 rings (SSSR count). The Morgan fingerprint density at radius 1 is 0.458 bits per heavy atom. The Morgan fingerprint density at radius 3 is 1.61 bits per heavy atom. The van der Waals surface area contributed by atoms with E-state index < -0.39 is 0 Å². The summed E-state index contributed by atoms with van der Waals surface area (Å²) in [5, 5.41) is 2.23. The van der Waals surface area contributed by atoms with Gasteiger partial charge in [0.1, 0.15) is 5.82 Å². The van der Waals surface area contributed by atoms with Crippen molar-refractivity contribution in [3.05, 3.63) is 222 Å². The molecule has 9 aromatic rings. The number of benzene rings is 7. The molecule has 0 fully saturated rings. The first-order chi connectivity index (χ1) is 33.6. The normalized spacial score (nSPS) is 13.4. The summed E-state index contributed by atoms with van der Waals surface area (Å²) < 4.78 is 9.26. The van der Waals surface area contributed by atoms with Crippen LogP contribution in [0.2, 0.25) is 0 Å². The van der Waals surface area contributed by atoms with Crippen LogP contribution in [0.15, 0.2) is 164 Å². The van der Waals surface area contributed by atoms with E-state index in [2.05, 4.69) is 275 Å². The van der Waals surface area contributed by atoms with E-state index in [1.807, 2.05) is 12.3 Å². The molecule has 1 aliphatic heterocycles. The van der Waals surface area contributed by atoms with Crippen molar-refractivity contribution >= 4 is 44.6 Å². The Morgan fingerprint density at radius 2 is 1.01 bits per heavy atom. The van der Waals surface area contributed by atoms with E-state index >= 15 is 0 Å². The van der Waals surface area contributed by atoms with Crippen molar-refractivity contribution < 1.29 is 25.8 Å². The molecule has 0 unspecified atom stereocenters. The zero-order valence-electron chi connectivity index (χ0n) is 44.2. The van der Waals surface area contributed by atoms with Gasteiger partial charge in [-0.2, -0.15) is 6.07 Å². The molecular formula is C66H67N4OPt-3. The summed E-state index contributed by atoms with van der Waals surface area (Å²) in [7, 11) is 0. The van der Waals surface area contributed by atoms with Crippen molar-refractivity contribution in [3.8, 4) is 17.3 Å². The second-order valence-corrected chi connectivity index (χ2v) is 23.6. The molecule has 0 bridgehead atoms. The Hall–Kier alpha value is -6.42. The largest absolute Gasteiger partial charge is 0.509 e. The summed E-state index contributed by atoms with van der Waals surface area (Å²) in [4.78, 5) is 9.59. The predicted molar refractivity (Wildman–Crippen MR) is 297 cm³/mol. The van der Waals surface area contributed by atoms with Crippen molar-refractivity contribution in [3.63, 3.8) is 0 Å². The van der Waals surface area contributed by atoms with Crippen LogP contribution in [0.4, 0.5) is 22.7 Å². The molecular weight excluding hydrogens is 1060 g/mol. The second kappa shape index (κ2) is 18.6. The molecule has 0 spiro atoms.